The minimum Gasteiger partial charge on any atom is -0.495 e. The lowest BCUT2D eigenvalue weighted by Crippen LogP contribution is -2.46. The molecule has 0 radical (unpaired) electrons. The standard InChI is InChI=1S/C17H26N2O4S/c1-13-9-10-15(23-3)16(11-13)24(21,22)19(12-17(20)18-2)14-7-5-4-6-8-14/h9-11,14H,4-8,12H2,1-3H3,(H,18,20). The first-order valence-electron chi connectivity index (χ1n) is 8.27. The van der Waals surface area contributed by atoms with Crippen molar-refractivity contribution in [1.29, 1.82) is 0 Å². The lowest BCUT2D eigenvalue weighted by Gasteiger charge is -2.33. The lowest BCUT2D eigenvalue weighted by molar-refractivity contribution is -0.121. The summed E-state index contributed by atoms with van der Waals surface area (Å²) in [5, 5.41) is 2.52. The zero-order valence-corrected chi connectivity index (χ0v) is 15.4. The van der Waals surface area contributed by atoms with Crippen LogP contribution in [0.25, 0.3) is 0 Å². The third-order valence-electron chi connectivity index (χ3n) is 4.47. The number of hydrogen-bond donors (Lipinski definition) is 1. The zero-order valence-electron chi connectivity index (χ0n) is 14.5. The van der Waals surface area contributed by atoms with Crippen molar-refractivity contribution in [2.45, 2.75) is 50.0 Å². The number of amides is 1. The highest BCUT2D eigenvalue weighted by atomic mass is 32.2. The van der Waals surface area contributed by atoms with E-state index < -0.39 is 10.0 Å². The highest BCUT2D eigenvalue weighted by molar-refractivity contribution is 7.89. The van der Waals surface area contributed by atoms with Gasteiger partial charge in [0.05, 0.1) is 13.7 Å². The summed E-state index contributed by atoms with van der Waals surface area (Å²) in [7, 11) is -0.857. The molecule has 0 saturated heterocycles. The summed E-state index contributed by atoms with van der Waals surface area (Å²) in [5.74, 6) is -0.00548. The smallest absolute Gasteiger partial charge is 0.247 e. The molecule has 7 heteroatoms. The Bertz CT molecular complexity index is 682. The van der Waals surface area contributed by atoms with Crippen LogP contribution in [-0.2, 0) is 14.8 Å². The van der Waals surface area contributed by atoms with Crippen molar-refractivity contribution >= 4 is 15.9 Å². The molecule has 0 atom stereocenters. The molecule has 24 heavy (non-hydrogen) atoms. The summed E-state index contributed by atoms with van der Waals surface area (Å²) in [4.78, 5) is 12.0. The maximum Gasteiger partial charge on any atom is 0.247 e. The fourth-order valence-corrected chi connectivity index (χ4v) is 5.00. The van der Waals surface area contributed by atoms with Crippen molar-refractivity contribution in [3.05, 3.63) is 23.8 Å². The first-order chi connectivity index (χ1) is 11.4. The predicted molar refractivity (Wildman–Crippen MR) is 92.6 cm³/mol. The van der Waals surface area contributed by atoms with Gasteiger partial charge in [-0.1, -0.05) is 25.3 Å². The summed E-state index contributed by atoms with van der Waals surface area (Å²) < 4.78 is 33.2. The Morgan fingerprint density at radius 3 is 2.54 bits per heavy atom. The van der Waals surface area contributed by atoms with Gasteiger partial charge >= 0.3 is 0 Å². The second-order valence-corrected chi connectivity index (χ2v) is 8.03. The van der Waals surface area contributed by atoms with Gasteiger partial charge in [0.1, 0.15) is 10.6 Å². The van der Waals surface area contributed by atoms with E-state index >= 15 is 0 Å². The number of likely N-dealkylation sites (N-methyl/N-ethyl adjacent to an activating group) is 1. The van der Waals surface area contributed by atoms with Gasteiger partial charge in [-0.2, -0.15) is 4.31 Å². The van der Waals surface area contributed by atoms with E-state index in [4.69, 9.17) is 4.74 Å². The van der Waals surface area contributed by atoms with E-state index in [0.717, 1.165) is 37.7 Å². The number of rotatable bonds is 6. The number of methoxy groups -OCH3 is 1. The molecule has 1 aliphatic carbocycles. The maximum absolute atomic E-state index is 13.3. The van der Waals surface area contributed by atoms with Crippen LogP contribution in [0.4, 0.5) is 0 Å². The van der Waals surface area contributed by atoms with E-state index in [9.17, 15) is 13.2 Å². The van der Waals surface area contributed by atoms with Crippen LogP contribution in [0.5, 0.6) is 5.75 Å². The summed E-state index contributed by atoms with van der Waals surface area (Å²) in [5.41, 5.74) is 0.831. The number of nitrogens with one attached hydrogen (secondary N) is 1. The molecule has 0 spiro atoms. The van der Waals surface area contributed by atoms with Gasteiger partial charge in [-0.05, 0) is 37.5 Å². The van der Waals surface area contributed by atoms with E-state index in [-0.39, 0.29) is 23.4 Å². The lowest BCUT2D eigenvalue weighted by atomic mass is 9.95. The Morgan fingerprint density at radius 2 is 1.96 bits per heavy atom. The van der Waals surface area contributed by atoms with Crippen LogP contribution in [-0.4, -0.2) is 45.4 Å². The first kappa shape index (κ1) is 18.7. The Hall–Kier alpha value is -1.60. The highest BCUT2D eigenvalue weighted by Gasteiger charge is 2.35. The van der Waals surface area contributed by atoms with E-state index in [1.807, 2.05) is 13.0 Å². The third-order valence-corrected chi connectivity index (χ3v) is 6.39. The molecule has 2 rings (SSSR count). The van der Waals surface area contributed by atoms with E-state index in [1.54, 1.807) is 12.1 Å². The fraction of sp³-hybridized carbons (Fsp3) is 0.588. The van der Waals surface area contributed by atoms with Crippen LogP contribution in [0.2, 0.25) is 0 Å². The van der Waals surface area contributed by atoms with Crippen LogP contribution in [0.15, 0.2) is 23.1 Å². The SMILES string of the molecule is CNC(=O)CN(C1CCCCC1)S(=O)(=O)c1cc(C)ccc1OC. The van der Waals surface area contributed by atoms with E-state index in [1.165, 1.54) is 18.5 Å². The molecule has 134 valence electrons. The minimum atomic E-state index is -3.82. The van der Waals surface area contributed by atoms with Gasteiger partial charge < -0.3 is 10.1 Å². The van der Waals surface area contributed by atoms with Gasteiger partial charge in [0, 0.05) is 13.1 Å². The summed E-state index contributed by atoms with van der Waals surface area (Å²) in [6.45, 7) is 1.67. The maximum atomic E-state index is 13.3. The molecule has 0 heterocycles. The molecule has 1 aliphatic rings. The minimum absolute atomic E-state index is 0.125. The second kappa shape index (κ2) is 7.98. The Morgan fingerprint density at radius 1 is 1.29 bits per heavy atom. The van der Waals surface area contributed by atoms with Crippen LogP contribution >= 0.6 is 0 Å². The molecule has 0 aliphatic heterocycles. The van der Waals surface area contributed by atoms with Crippen molar-refractivity contribution in [1.82, 2.24) is 9.62 Å². The number of aryl methyl sites for hydroxylation is 1. The number of sulfonamides is 1. The van der Waals surface area contributed by atoms with Gasteiger partial charge in [0.15, 0.2) is 0 Å². The number of carbonyl (C=O) groups is 1. The van der Waals surface area contributed by atoms with Gasteiger partial charge in [0.2, 0.25) is 15.9 Å². The highest BCUT2D eigenvalue weighted by Crippen LogP contribution is 2.32. The van der Waals surface area contributed by atoms with E-state index in [2.05, 4.69) is 5.32 Å². The van der Waals surface area contributed by atoms with Crippen molar-refractivity contribution < 1.29 is 17.9 Å². The number of hydrogen-bond acceptors (Lipinski definition) is 4. The predicted octanol–water partition coefficient (Wildman–Crippen LogP) is 2.07. The quantitative estimate of drug-likeness (QED) is 0.848. The molecule has 1 amide bonds. The van der Waals surface area contributed by atoms with Gasteiger partial charge in [0.25, 0.3) is 0 Å². The number of benzene rings is 1. The first-order valence-corrected chi connectivity index (χ1v) is 9.71. The second-order valence-electron chi connectivity index (χ2n) is 6.17. The van der Waals surface area contributed by atoms with Crippen LogP contribution in [0.3, 0.4) is 0 Å². The Labute approximate surface area is 144 Å². The molecule has 1 N–H and O–H groups in total. The molecule has 0 unspecified atom stereocenters. The number of ether oxygens (including phenoxy) is 1. The van der Waals surface area contributed by atoms with Crippen molar-refractivity contribution in [3.63, 3.8) is 0 Å². The Balaban J connectivity index is 2.46. The molecule has 1 aromatic rings. The number of nitrogens with zero attached hydrogens (tertiary/aromatic N) is 1. The normalized spacial score (nSPS) is 16.2. The van der Waals surface area contributed by atoms with Crippen molar-refractivity contribution in [3.8, 4) is 5.75 Å². The van der Waals surface area contributed by atoms with Crippen LogP contribution in [0.1, 0.15) is 37.7 Å². The van der Waals surface area contributed by atoms with Crippen molar-refractivity contribution in [2.75, 3.05) is 20.7 Å². The summed E-state index contributed by atoms with van der Waals surface area (Å²) in [6, 6.07) is 4.92. The van der Waals surface area contributed by atoms with Crippen LogP contribution in [0, 0.1) is 6.92 Å². The monoisotopic (exact) mass is 354 g/mol. The average Bonchev–Trinajstić information content (AvgIpc) is 2.59. The average molecular weight is 354 g/mol. The van der Waals surface area contributed by atoms with Crippen LogP contribution < -0.4 is 10.1 Å². The molecule has 0 bridgehead atoms. The Kier molecular flexibility index (Phi) is 6.23. The summed E-state index contributed by atoms with van der Waals surface area (Å²) in [6.07, 6.45) is 4.64. The zero-order chi connectivity index (χ0) is 17.7. The topological polar surface area (TPSA) is 75.7 Å². The molecule has 1 saturated carbocycles. The third kappa shape index (κ3) is 4.08. The van der Waals surface area contributed by atoms with Gasteiger partial charge in [-0.3, -0.25) is 4.79 Å². The fourth-order valence-electron chi connectivity index (χ4n) is 3.11. The molecular formula is C17H26N2O4S. The van der Waals surface area contributed by atoms with Gasteiger partial charge in [-0.25, -0.2) is 8.42 Å². The van der Waals surface area contributed by atoms with Gasteiger partial charge in [-0.15, -0.1) is 0 Å². The molecule has 1 aromatic carbocycles. The molecule has 0 aromatic heterocycles. The molecular weight excluding hydrogens is 328 g/mol. The largest absolute Gasteiger partial charge is 0.495 e. The van der Waals surface area contributed by atoms with Crippen molar-refractivity contribution in [2.24, 2.45) is 0 Å². The number of carbonyl (C=O) groups excluding carboxylic acids is 1. The summed E-state index contributed by atoms with van der Waals surface area (Å²) >= 11 is 0. The molecule has 1 fully saturated rings. The molecule has 6 nitrogen and oxygen atoms in total. The van der Waals surface area contributed by atoms with E-state index in [0.29, 0.717) is 5.75 Å².